The van der Waals surface area contributed by atoms with Crippen molar-refractivity contribution in [1.82, 2.24) is 10.2 Å². The highest BCUT2D eigenvalue weighted by molar-refractivity contribution is 9.10. The molecule has 0 bridgehead atoms. The van der Waals surface area contributed by atoms with Gasteiger partial charge in [-0.25, -0.2) is 0 Å². The van der Waals surface area contributed by atoms with Gasteiger partial charge in [-0.2, -0.15) is 0 Å². The summed E-state index contributed by atoms with van der Waals surface area (Å²) >= 11 is 3.30. The highest BCUT2D eigenvalue weighted by Gasteiger charge is 2.31. The van der Waals surface area contributed by atoms with E-state index in [9.17, 15) is 4.79 Å². The van der Waals surface area contributed by atoms with E-state index in [1.165, 1.54) is 12.8 Å². The molecule has 0 radical (unpaired) electrons. The summed E-state index contributed by atoms with van der Waals surface area (Å²) in [5, 5.41) is 3.48. The number of rotatable bonds is 4. The van der Waals surface area contributed by atoms with Crippen LogP contribution in [0, 0.1) is 5.92 Å². The number of halogens is 1. The molecule has 0 aromatic carbocycles. The van der Waals surface area contributed by atoms with Gasteiger partial charge >= 0.3 is 0 Å². The molecular weight excluding hydrogens is 320 g/mol. The Morgan fingerprint density at radius 1 is 1.35 bits per heavy atom. The van der Waals surface area contributed by atoms with Gasteiger partial charge in [0.15, 0.2) is 4.67 Å². The lowest BCUT2D eigenvalue weighted by atomic mass is 10.1. The lowest BCUT2D eigenvalue weighted by Crippen LogP contribution is -2.37. The van der Waals surface area contributed by atoms with Crippen molar-refractivity contribution in [2.75, 3.05) is 13.1 Å². The van der Waals surface area contributed by atoms with E-state index < -0.39 is 0 Å². The first-order valence-corrected chi connectivity index (χ1v) is 8.28. The van der Waals surface area contributed by atoms with Crippen LogP contribution in [0.5, 0.6) is 0 Å². The molecule has 1 amide bonds. The number of nitrogens with zero attached hydrogens (tertiary/aromatic N) is 1. The van der Waals surface area contributed by atoms with Crippen LogP contribution in [0.2, 0.25) is 0 Å². The van der Waals surface area contributed by atoms with Gasteiger partial charge in [-0.05, 0) is 47.3 Å². The normalized spacial score (nSPS) is 23.6. The predicted octanol–water partition coefficient (Wildman–Crippen LogP) is 2.92. The Hall–Kier alpha value is -0.810. The van der Waals surface area contributed by atoms with E-state index in [2.05, 4.69) is 21.2 Å². The Kier molecular flexibility index (Phi) is 4.46. The number of hydrogen-bond acceptors (Lipinski definition) is 3. The minimum absolute atomic E-state index is 0.301. The molecule has 1 unspecified atom stereocenters. The van der Waals surface area contributed by atoms with Crippen LogP contribution in [0.1, 0.15) is 37.9 Å². The van der Waals surface area contributed by atoms with Gasteiger partial charge < -0.3 is 14.6 Å². The molecule has 1 aliphatic carbocycles. The van der Waals surface area contributed by atoms with Gasteiger partial charge in [0.1, 0.15) is 5.76 Å². The van der Waals surface area contributed by atoms with Crippen molar-refractivity contribution in [1.29, 1.82) is 0 Å². The highest BCUT2D eigenvalue weighted by atomic mass is 79.9. The third-order valence-electron chi connectivity index (χ3n) is 4.40. The van der Waals surface area contributed by atoms with E-state index in [1.54, 1.807) is 0 Å². The quantitative estimate of drug-likeness (QED) is 0.916. The summed E-state index contributed by atoms with van der Waals surface area (Å²) in [7, 11) is 0. The maximum Gasteiger partial charge on any atom is 0.225 e. The monoisotopic (exact) mass is 340 g/mol. The predicted molar refractivity (Wildman–Crippen MR) is 80.2 cm³/mol. The summed E-state index contributed by atoms with van der Waals surface area (Å²) in [6.07, 6.45) is 5.67. The molecule has 110 valence electrons. The van der Waals surface area contributed by atoms with E-state index in [0.717, 1.165) is 49.3 Å². The van der Waals surface area contributed by atoms with E-state index in [-0.39, 0.29) is 0 Å². The van der Waals surface area contributed by atoms with Gasteiger partial charge in [-0.3, -0.25) is 4.79 Å². The molecule has 1 aromatic rings. The third-order valence-corrected chi connectivity index (χ3v) is 4.82. The van der Waals surface area contributed by atoms with E-state index in [4.69, 9.17) is 4.42 Å². The number of nitrogens with one attached hydrogen (secondary N) is 1. The van der Waals surface area contributed by atoms with Gasteiger partial charge in [-0.15, -0.1) is 0 Å². The average Bonchev–Trinajstić information content (AvgIpc) is 3.17. The van der Waals surface area contributed by atoms with Crippen LogP contribution in [0.15, 0.2) is 21.2 Å². The Balaban J connectivity index is 1.45. The summed E-state index contributed by atoms with van der Waals surface area (Å²) in [5.41, 5.74) is 0. The molecule has 1 aromatic heterocycles. The second-order valence-corrected chi connectivity index (χ2v) is 6.62. The lowest BCUT2D eigenvalue weighted by Gasteiger charge is -2.20. The molecule has 5 heteroatoms. The number of carbonyl (C=O) groups is 1. The Labute approximate surface area is 128 Å². The highest BCUT2D eigenvalue weighted by Crippen LogP contribution is 2.27. The van der Waals surface area contributed by atoms with Crippen LogP contribution in [0.25, 0.3) is 0 Å². The minimum atomic E-state index is 0.301. The Morgan fingerprint density at radius 2 is 2.15 bits per heavy atom. The summed E-state index contributed by atoms with van der Waals surface area (Å²) in [6, 6.07) is 4.26. The zero-order chi connectivity index (χ0) is 13.9. The smallest absolute Gasteiger partial charge is 0.225 e. The van der Waals surface area contributed by atoms with Gasteiger partial charge in [0, 0.05) is 25.0 Å². The van der Waals surface area contributed by atoms with Crippen molar-refractivity contribution in [2.24, 2.45) is 5.92 Å². The molecule has 2 fully saturated rings. The molecule has 4 nitrogen and oxygen atoms in total. The maximum atomic E-state index is 12.3. The van der Waals surface area contributed by atoms with Gasteiger partial charge in [-0.1, -0.05) is 12.8 Å². The summed E-state index contributed by atoms with van der Waals surface area (Å²) in [5.74, 6) is 1.61. The fourth-order valence-electron chi connectivity index (χ4n) is 3.25. The number of amides is 1. The van der Waals surface area contributed by atoms with E-state index in [0.29, 0.717) is 17.9 Å². The Morgan fingerprint density at radius 3 is 2.85 bits per heavy atom. The SMILES string of the molecule is O=C(C1CCCC1)N1CCC(NCc2ccc(Br)o2)C1. The van der Waals surface area contributed by atoms with E-state index in [1.807, 2.05) is 17.0 Å². The number of likely N-dealkylation sites (tertiary alicyclic amines) is 1. The van der Waals surface area contributed by atoms with Crippen LogP contribution in [-0.4, -0.2) is 29.9 Å². The fraction of sp³-hybridized carbons (Fsp3) is 0.667. The summed E-state index contributed by atoms with van der Waals surface area (Å²) in [4.78, 5) is 14.4. The second-order valence-electron chi connectivity index (χ2n) is 5.84. The zero-order valence-corrected chi connectivity index (χ0v) is 13.2. The molecule has 1 saturated heterocycles. The molecular formula is C15H21BrN2O2. The minimum Gasteiger partial charge on any atom is -0.453 e. The average molecular weight is 341 g/mol. The summed E-state index contributed by atoms with van der Waals surface area (Å²) in [6.45, 7) is 2.47. The molecule has 1 saturated carbocycles. The first-order valence-electron chi connectivity index (χ1n) is 7.49. The zero-order valence-electron chi connectivity index (χ0n) is 11.6. The van der Waals surface area contributed by atoms with Crippen molar-refractivity contribution < 1.29 is 9.21 Å². The number of hydrogen-bond donors (Lipinski definition) is 1. The van der Waals surface area contributed by atoms with E-state index >= 15 is 0 Å². The van der Waals surface area contributed by atoms with Crippen molar-refractivity contribution in [2.45, 2.75) is 44.7 Å². The van der Waals surface area contributed by atoms with Gasteiger partial charge in [0.2, 0.25) is 5.91 Å². The van der Waals surface area contributed by atoms with Crippen molar-refractivity contribution in [3.05, 3.63) is 22.6 Å². The van der Waals surface area contributed by atoms with Crippen LogP contribution in [0.4, 0.5) is 0 Å². The third kappa shape index (κ3) is 3.26. The van der Waals surface area contributed by atoms with Crippen LogP contribution < -0.4 is 5.32 Å². The summed E-state index contributed by atoms with van der Waals surface area (Å²) < 4.78 is 6.24. The standard InChI is InChI=1S/C15H21BrN2O2/c16-14-6-5-13(20-14)9-17-12-7-8-18(10-12)15(19)11-3-1-2-4-11/h5-6,11-12,17H,1-4,7-10H2. The van der Waals surface area contributed by atoms with Gasteiger partial charge in [0.05, 0.1) is 6.54 Å². The van der Waals surface area contributed by atoms with Crippen LogP contribution in [-0.2, 0) is 11.3 Å². The first-order chi connectivity index (χ1) is 9.72. The molecule has 2 heterocycles. The molecule has 0 spiro atoms. The molecule has 2 aliphatic rings. The number of carbonyl (C=O) groups excluding carboxylic acids is 1. The maximum absolute atomic E-state index is 12.3. The molecule has 1 aliphatic heterocycles. The Bertz CT molecular complexity index is 468. The molecule has 1 atom stereocenters. The largest absolute Gasteiger partial charge is 0.453 e. The fourth-order valence-corrected chi connectivity index (χ4v) is 3.59. The van der Waals surface area contributed by atoms with Crippen molar-refractivity contribution >= 4 is 21.8 Å². The number of furan rings is 1. The topological polar surface area (TPSA) is 45.5 Å². The van der Waals surface area contributed by atoms with Crippen molar-refractivity contribution in [3.8, 4) is 0 Å². The van der Waals surface area contributed by atoms with Gasteiger partial charge in [0.25, 0.3) is 0 Å². The lowest BCUT2D eigenvalue weighted by molar-refractivity contribution is -0.134. The second kappa shape index (κ2) is 6.31. The molecule has 20 heavy (non-hydrogen) atoms. The van der Waals surface area contributed by atoms with Crippen molar-refractivity contribution in [3.63, 3.8) is 0 Å². The van der Waals surface area contributed by atoms with Crippen LogP contribution >= 0.6 is 15.9 Å². The molecule has 3 rings (SSSR count). The van der Waals surface area contributed by atoms with Crippen LogP contribution in [0.3, 0.4) is 0 Å². The first kappa shape index (κ1) is 14.1. The molecule has 1 N–H and O–H groups in total.